The summed E-state index contributed by atoms with van der Waals surface area (Å²) in [5.41, 5.74) is 2.98. The quantitative estimate of drug-likeness (QED) is 0.0244. The molecule has 0 amide bonds. The second kappa shape index (κ2) is 45.0. The molecule has 0 spiro atoms. The molecule has 14 N–H and O–H groups in total. The van der Waals surface area contributed by atoms with Gasteiger partial charge in [0.2, 0.25) is 0 Å². The molecule has 5 aromatic rings. The van der Waals surface area contributed by atoms with Crippen LogP contribution in [0.2, 0.25) is 36.3 Å². The van der Waals surface area contributed by atoms with Gasteiger partial charge in [0.05, 0.1) is 70.7 Å². The average molecular weight is 2130 g/mol. The third-order valence-electron chi connectivity index (χ3n) is 26.8. The van der Waals surface area contributed by atoms with E-state index in [4.69, 9.17) is 96.1 Å². The summed E-state index contributed by atoms with van der Waals surface area (Å²) in [6, 6.07) is 25.8. The number of rotatable bonds is 26. The van der Waals surface area contributed by atoms with Crippen molar-refractivity contribution in [3.8, 4) is 0 Å². The molecule has 0 unspecified atom stereocenters. The molecule has 45 nitrogen and oxygen atoms in total. The summed E-state index contributed by atoms with van der Waals surface area (Å²) in [5.74, 6) is 0. The zero-order valence-corrected chi connectivity index (χ0v) is 85.7. The molecule has 52 heteroatoms. The van der Waals surface area contributed by atoms with Crippen LogP contribution in [0.25, 0.3) is 0 Å². The van der Waals surface area contributed by atoms with Crippen LogP contribution in [0.3, 0.4) is 0 Å². The Bertz CT molecular complexity index is 5400. The maximum atomic E-state index is 14.3. The molecule has 141 heavy (non-hydrogen) atoms. The number of hydrogen-bond donors (Lipinski definition) is 14. The van der Waals surface area contributed by atoms with Crippen LogP contribution in [0, 0.1) is 34.6 Å². The van der Waals surface area contributed by atoms with Gasteiger partial charge in [0.25, 0.3) is 50.6 Å². The van der Waals surface area contributed by atoms with Crippen LogP contribution in [0.1, 0.15) is 69.4 Å². The first-order chi connectivity index (χ1) is 65.7. The normalized spacial score (nSPS) is 36.6. The van der Waals surface area contributed by atoms with E-state index in [2.05, 4.69) is 0 Å². The van der Waals surface area contributed by atoms with Gasteiger partial charge in [-0.25, -0.2) is 0 Å². The van der Waals surface area contributed by atoms with E-state index in [9.17, 15) is 114 Å². The molecule has 21 heterocycles. The SMILES string of the molecule is Cc1ccc(S(=O)(=O)OC[C@H]2O[C@@H]3O[C@H]4[C@H](O)[C@@H](O)[C@@H](O[C@H]5[C@H](O)[C@@H](O)[C@@H](O[C@H]6[C@@H](O)[C@@H](O)[C@@H](O[C@H]7[C@H](O)[C@@H](O)[C@@H](O[C@H]8[C@H](O)[C@@H](O)[C@@H](O[C@H]9[C@H](O)[C@@H](O)[C@@H](O[C@H]2[C@H](O)[C@H]3O)O[C@@H]9COS(=O)(=O)c2ccc(C)cc2)O[C@@H]8COS(=O)(=O)c2ccc(C)cc2)O[C@@H]7COS(=O)(=O)c2ccc(C)cc2)O[C@@H]6CO[Si](C)(C)C(C)(C)C)O[C@@H]5COS(=O)(=O)c2ccc(C)cc2)O[C@@H]4CO[Si](C)(C)C(C)(C)C)cc1. The lowest BCUT2D eigenvalue weighted by Crippen LogP contribution is -2.68. The predicted molar refractivity (Wildman–Crippen MR) is 487 cm³/mol. The molecule has 0 aliphatic carbocycles. The molecule has 0 saturated carbocycles. The summed E-state index contributed by atoms with van der Waals surface area (Å²) in [7, 11) is -30.8. The van der Waals surface area contributed by atoms with E-state index in [1.54, 1.807) is 60.8 Å². The Hall–Kier alpha value is -5.12. The van der Waals surface area contributed by atoms with Gasteiger partial charge in [0.15, 0.2) is 60.7 Å². The number of benzene rings is 5. The summed E-state index contributed by atoms with van der Waals surface area (Å²) in [6.07, 6.45) is -82.3. The number of aliphatic hydroxyl groups is 14. The number of hydrogen-bond acceptors (Lipinski definition) is 45. The molecule has 21 saturated heterocycles. The van der Waals surface area contributed by atoms with E-state index in [0.717, 1.165) is 24.3 Å². The molecule has 21 fully saturated rings. The van der Waals surface area contributed by atoms with Crippen molar-refractivity contribution in [3.63, 3.8) is 0 Å². The van der Waals surface area contributed by atoms with Gasteiger partial charge >= 0.3 is 0 Å². The van der Waals surface area contributed by atoms with E-state index in [1.807, 2.05) is 41.5 Å². The Labute approximate surface area is 819 Å². The van der Waals surface area contributed by atoms with Gasteiger partial charge in [-0.15, -0.1) is 0 Å². The van der Waals surface area contributed by atoms with Gasteiger partial charge in [-0.05, 0) is 132 Å². The van der Waals surface area contributed by atoms with E-state index >= 15 is 0 Å². The maximum Gasteiger partial charge on any atom is 0.297 e. The molecule has 26 rings (SSSR count). The Morgan fingerprint density at radius 3 is 0.475 bits per heavy atom. The molecule has 14 bridgehead atoms. The first-order valence-electron chi connectivity index (χ1n) is 45.5. The van der Waals surface area contributed by atoms with Crippen molar-refractivity contribution in [2.45, 2.75) is 352 Å². The largest absolute Gasteiger partial charge is 0.414 e. The van der Waals surface area contributed by atoms with Crippen LogP contribution in [-0.2, 0) is 147 Å². The minimum atomic E-state index is -4.97. The number of aryl methyl sites for hydroxylation is 5. The second-order valence-electron chi connectivity index (χ2n) is 39.3. The lowest BCUT2D eigenvalue weighted by molar-refractivity contribution is -0.395. The van der Waals surface area contributed by atoms with Crippen LogP contribution in [-0.4, -0.2) is 391 Å². The predicted octanol–water partition coefficient (Wildman–Crippen LogP) is -0.564. The van der Waals surface area contributed by atoms with Crippen molar-refractivity contribution in [2.24, 2.45) is 0 Å². The van der Waals surface area contributed by atoms with Crippen LogP contribution in [0.5, 0.6) is 0 Å². The van der Waals surface area contributed by atoms with Gasteiger partial charge in [-0.1, -0.05) is 130 Å². The third-order valence-corrected chi connectivity index (χ3v) is 42.3. The fourth-order valence-corrected chi connectivity index (χ4v) is 22.6. The zero-order chi connectivity index (χ0) is 103. The minimum absolute atomic E-state index is 0.415. The van der Waals surface area contributed by atoms with E-state index in [1.165, 1.54) is 97.1 Å². The van der Waals surface area contributed by atoms with Crippen molar-refractivity contribution in [2.75, 3.05) is 46.2 Å². The Morgan fingerprint density at radius 1 is 0.220 bits per heavy atom. The Morgan fingerprint density at radius 2 is 0.348 bits per heavy atom. The highest BCUT2D eigenvalue weighted by Crippen LogP contribution is 2.45. The average Bonchev–Trinajstić information content (AvgIpc) is 0.886. The first-order valence-corrected chi connectivity index (χ1v) is 58.3. The molecule has 792 valence electrons. The topological polar surface area (TPSA) is 648 Å². The lowest BCUT2D eigenvalue weighted by Gasteiger charge is -2.50. The minimum Gasteiger partial charge on any atom is -0.414 e. The van der Waals surface area contributed by atoms with E-state index < -0.39 is 363 Å². The Balaban J connectivity index is 0.938. The highest BCUT2D eigenvalue weighted by atomic mass is 32.2. The van der Waals surface area contributed by atoms with Gasteiger partial charge in [0.1, 0.15) is 171 Å². The van der Waals surface area contributed by atoms with Crippen molar-refractivity contribution in [3.05, 3.63) is 149 Å². The highest BCUT2D eigenvalue weighted by molar-refractivity contribution is 7.87. The third kappa shape index (κ3) is 26.0. The van der Waals surface area contributed by atoms with E-state index in [0.29, 0.717) is 27.8 Å². The maximum absolute atomic E-state index is 14.3. The summed E-state index contributed by atoms with van der Waals surface area (Å²) in [5, 5.41) is 175. The monoisotopic (exact) mass is 2130 g/mol. The van der Waals surface area contributed by atoms with Crippen LogP contribution < -0.4 is 0 Å². The van der Waals surface area contributed by atoms with Crippen molar-refractivity contribution in [1.29, 1.82) is 0 Å². The second-order valence-corrected chi connectivity index (χ2v) is 57.0. The molecule has 5 aromatic carbocycles. The lowest BCUT2D eigenvalue weighted by atomic mass is 9.95. The summed E-state index contributed by atoms with van der Waals surface area (Å²) in [4.78, 5) is -2.27. The zero-order valence-electron chi connectivity index (χ0n) is 79.7. The molecule has 0 radical (unpaired) electrons. The number of aliphatic hydroxyl groups excluding tert-OH is 14. The van der Waals surface area contributed by atoms with Crippen LogP contribution >= 0.6 is 0 Å². The van der Waals surface area contributed by atoms with E-state index in [-0.39, 0.29) is 0 Å². The van der Waals surface area contributed by atoms with Crippen molar-refractivity contribution < 1.29 is 210 Å². The van der Waals surface area contributed by atoms with Crippen LogP contribution in [0.15, 0.2) is 146 Å². The standard InChI is InChI=1S/C89H128O45S5Si2/c1-43-16-26-48(27-17-43)135(104,105)114-36-53-74-61(91)68(98)82(122-53)130-76-55(38-116-137(108,109)50-30-20-45(3)21-31-50)124-84(70(100)63(76)93)133-79-58(41-119-140(12,13)88(6,7)8)127-87(73(103)66(79)96)132-78-57(40-118-139(112,113)52-34-24-47(5)25-35-52)125-85(71(101)64(78)94)134-80-59(42-120-141(14,15)89(9,10)11)126-86(72(102)65(80)95)131-77-56(39-117-138(110,111)51-32-22-46(4)23-33-51)123-83(69(99)62(77)92)129-75-54(121-81(128-74)67(97)60(75)90)37-115-136(106,107)49-28-18-44(2)19-29-49/h16-35,53-87,90-103H,36-42H2,1-15H3/t53-,54-,55-,56-,57-,58-,59-,60-,61-,62-,63-,64-,65+,66-,67-,68-,69-,70-,71-,72-,73-,74-,75-,76-,77-,78-,79-,80-,81-,82-,83-,84-,85-,86-,87-/m1/s1. The molecular formula is C89H128O45S5Si2. The Kier molecular flexibility index (Phi) is 36.0. The van der Waals surface area contributed by atoms with Gasteiger partial charge in [-0.2, -0.15) is 42.1 Å². The van der Waals surface area contributed by atoms with Crippen molar-refractivity contribution >= 4 is 67.2 Å². The number of ether oxygens (including phenoxy) is 14. The molecule has 21 aliphatic rings. The molecular weight excluding hydrogens is 2010 g/mol. The molecule has 0 aromatic heterocycles. The molecule has 21 aliphatic heterocycles. The summed E-state index contributed by atoms with van der Waals surface area (Å²) < 4.78 is 272. The smallest absolute Gasteiger partial charge is 0.297 e. The van der Waals surface area contributed by atoms with Crippen LogP contribution in [0.4, 0.5) is 0 Å². The van der Waals surface area contributed by atoms with Gasteiger partial charge in [0, 0.05) is 0 Å². The highest BCUT2D eigenvalue weighted by Gasteiger charge is 2.62. The van der Waals surface area contributed by atoms with Crippen molar-refractivity contribution in [1.82, 2.24) is 0 Å². The first kappa shape index (κ1) is 113. The fraction of sp³-hybridized carbons (Fsp3) is 0.663. The summed E-state index contributed by atoms with van der Waals surface area (Å²) >= 11 is 0. The molecule has 35 atom stereocenters. The van der Waals surface area contributed by atoms with Gasteiger partial charge < -0.3 is 147 Å². The summed E-state index contributed by atoms with van der Waals surface area (Å²) in [6.45, 7) is 18.8. The van der Waals surface area contributed by atoms with Gasteiger partial charge in [-0.3, -0.25) is 20.9 Å². The fourth-order valence-electron chi connectivity index (χ4n) is 16.0.